The molecule has 1 heterocycles. The fourth-order valence-corrected chi connectivity index (χ4v) is 1.10. The molecule has 0 unspecified atom stereocenters. The van der Waals surface area contributed by atoms with Gasteiger partial charge in [0, 0.05) is 18.3 Å². The zero-order chi connectivity index (χ0) is 11.4. The van der Waals surface area contributed by atoms with E-state index >= 15 is 0 Å². The summed E-state index contributed by atoms with van der Waals surface area (Å²) >= 11 is 0. The molecule has 2 N–H and O–H groups in total. The van der Waals surface area contributed by atoms with Crippen LogP contribution in [-0.2, 0) is 0 Å². The van der Waals surface area contributed by atoms with Gasteiger partial charge in [0.25, 0.3) is 5.91 Å². The Bertz CT molecular complexity index is 364. The number of hydrogen-bond acceptors (Lipinski definition) is 4. The summed E-state index contributed by atoms with van der Waals surface area (Å²) in [6.45, 7) is 3.66. The molecule has 82 valence electrons. The Morgan fingerprint density at radius 3 is 2.80 bits per heavy atom. The molecule has 0 fully saturated rings. The average Bonchev–Trinajstić information content (AvgIpc) is 2.17. The molecular weight excluding hydrogens is 196 g/mol. The number of pyridine rings is 1. The van der Waals surface area contributed by atoms with E-state index in [4.69, 9.17) is 4.74 Å². The van der Waals surface area contributed by atoms with Crippen molar-refractivity contribution in [2.75, 3.05) is 7.11 Å². The van der Waals surface area contributed by atoms with Crippen molar-refractivity contribution in [3.8, 4) is 11.5 Å². The molecule has 5 heteroatoms. The number of aromatic nitrogens is 1. The molecule has 5 nitrogen and oxygen atoms in total. The maximum atomic E-state index is 11.6. The van der Waals surface area contributed by atoms with Crippen molar-refractivity contribution >= 4 is 5.91 Å². The predicted octanol–water partition coefficient (Wildman–Crippen LogP) is 0.934. The molecule has 0 aliphatic heterocycles. The van der Waals surface area contributed by atoms with Crippen molar-refractivity contribution < 1.29 is 14.6 Å². The van der Waals surface area contributed by atoms with Crippen LogP contribution in [-0.4, -0.2) is 29.1 Å². The second-order valence-electron chi connectivity index (χ2n) is 3.34. The highest BCUT2D eigenvalue weighted by molar-refractivity contribution is 5.95. The van der Waals surface area contributed by atoms with Gasteiger partial charge in [-0.25, -0.2) is 4.98 Å². The number of ether oxygens (including phenoxy) is 1. The van der Waals surface area contributed by atoms with Crippen LogP contribution in [0.5, 0.6) is 11.5 Å². The van der Waals surface area contributed by atoms with Crippen LogP contribution < -0.4 is 10.1 Å². The molecule has 0 aliphatic carbocycles. The van der Waals surface area contributed by atoms with Crippen molar-refractivity contribution in [2.24, 2.45) is 0 Å². The topological polar surface area (TPSA) is 71.5 Å². The summed E-state index contributed by atoms with van der Waals surface area (Å²) in [4.78, 5) is 15.4. The monoisotopic (exact) mass is 210 g/mol. The molecule has 0 spiro atoms. The summed E-state index contributed by atoms with van der Waals surface area (Å²) in [5, 5.41) is 12.3. The predicted molar refractivity (Wildman–Crippen MR) is 55.1 cm³/mol. The van der Waals surface area contributed by atoms with Crippen molar-refractivity contribution in [1.82, 2.24) is 10.3 Å². The Labute approximate surface area is 88.1 Å². The van der Waals surface area contributed by atoms with E-state index in [1.54, 1.807) is 0 Å². The number of hydrogen-bond donors (Lipinski definition) is 2. The zero-order valence-corrected chi connectivity index (χ0v) is 8.94. The Balaban J connectivity index is 2.99. The highest BCUT2D eigenvalue weighted by Gasteiger charge is 2.16. The first kappa shape index (κ1) is 11.3. The van der Waals surface area contributed by atoms with Crippen molar-refractivity contribution in [1.29, 1.82) is 0 Å². The van der Waals surface area contributed by atoms with Gasteiger partial charge in [0.2, 0.25) is 0 Å². The van der Waals surface area contributed by atoms with Crippen LogP contribution in [0.3, 0.4) is 0 Å². The third kappa shape index (κ3) is 2.59. The standard InChI is InChI=1S/C10H14N2O3/c1-6(2)12-10(14)8-9(13)7(15-3)4-5-11-8/h4-6,13H,1-3H3,(H,12,14). The number of carbonyl (C=O) groups excluding carboxylic acids is 1. The van der Waals surface area contributed by atoms with E-state index in [1.165, 1.54) is 19.4 Å². The summed E-state index contributed by atoms with van der Waals surface area (Å²) in [5.41, 5.74) is -0.0250. The second kappa shape index (κ2) is 4.63. The third-order valence-corrected chi connectivity index (χ3v) is 1.74. The molecule has 0 aromatic carbocycles. The first-order valence-electron chi connectivity index (χ1n) is 4.59. The van der Waals surface area contributed by atoms with Gasteiger partial charge < -0.3 is 15.2 Å². The molecule has 0 saturated carbocycles. The zero-order valence-electron chi connectivity index (χ0n) is 8.94. The summed E-state index contributed by atoms with van der Waals surface area (Å²) in [5.74, 6) is -0.418. The van der Waals surface area contributed by atoms with Crippen LogP contribution in [0.4, 0.5) is 0 Å². The summed E-state index contributed by atoms with van der Waals surface area (Å²) in [6, 6.07) is 1.48. The maximum Gasteiger partial charge on any atom is 0.274 e. The summed E-state index contributed by atoms with van der Waals surface area (Å²) in [6.07, 6.45) is 1.41. The lowest BCUT2D eigenvalue weighted by Crippen LogP contribution is -2.30. The molecule has 0 aliphatic rings. The van der Waals surface area contributed by atoms with E-state index in [0.29, 0.717) is 0 Å². The van der Waals surface area contributed by atoms with Crippen LogP contribution in [0.25, 0.3) is 0 Å². The summed E-state index contributed by atoms with van der Waals surface area (Å²) in [7, 11) is 1.42. The quantitative estimate of drug-likeness (QED) is 0.778. The average molecular weight is 210 g/mol. The number of nitrogens with one attached hydrogen (secondary N) is 1. The van der Waals surface area contributed by atoms with Gasteiger partial charge >= 0.3 is 0 Å². The van der Waals surface area contributed by atoms with Gasteiger partial charge in [0.05, 0.1) is 7.11 Å². The number of rotatable bonds is 3. The molecule has 1 amide bonds. The number of nitrogens with zero attached hydrogens (tertiary/aromatic N) is 1. The largest absolute Gasteiger partial charge is 0.503 e. The van der Waals surface area contributed by atoms with Gasteiger partial charge in [0.15, 0.2) is 17.2 Å². The van der Waals surface area contributed by atoms with Gasteiger partial charge in [0.1, 0.15) is 0 Å². The second-order valence-corrected chi connectivity index (χ2v) is 3.34. The fraction of sp³-hybridized carbons (Fsp3) is 0.400. The van der Waals surface area contributed by atoms with E-state index in [-0.39, 0.29) is 23.2 Å². The normalized spacial score (nSPS) is 10.1. The minimum atomic E-state index is -0.415. The third-order valence-electron chi connectivity index (χ3n) is 1.74. The van der Waals surface area contributed by atoms with Crippen LogP contribution in [0.15, 0.2) is 12.3 Å². The lowest BCUT2D eigenvalue weighted by Gasteiger charge is -2.10. The fourth-order valence-electron chi connectivity index (χ4n) is 1.10. The Morgan fingerprint density at radius 2 is 2.27 bits per heavy atom. The summed E-state index contributed by atoms with van der Waals surface area (Å²) < 4.78 is 4.87. The lowest BCUT2D eigenvalue weighted by molar-refractivity contribution is 0.0934. The first-order chi connectivity index (χ1) is 7.06. The highest BCUT2D eigenvalue weighted by atomic mass is 16.5. The molecule has 1 rings (SSSR count). The van der Waals surface area contributed by atoms with E-state index < -0.39 is 5.91 Å². The Hall–Kier alpha value is -1.78. The maximum absolute atomic E-state index is 11.6. The van der Waals surface area contributed by atoms with Crippen molar-refractivity contribution in [2.45, 2.75) is 19.9 Å². The molecule has 0 saturated heterocycles. The van der Waals surface area contributed by atoms with Crippen LogP contribution in [0.1, 0.15) is 24.3 Å². The van der Waals surface area contributed by atoms with Gasteiger partial charge in [-0.15, -0.1) is 0 Å². The molecule has 1 aromatic rings. The van der Waals surface area contributed by atoms with Crippen LogP contribution in [0.2, 0.25) is 0 Å². The molecule has 0 bridgehead atoms. The molecule has 0 atom stereocenters. The SMILES string of the molecule is COc1ccnc(C(=O)NC(C)C)c1O. The van der Waals surface area contributed by atoms with E-state index in [9.17, 15) is 9.90 Å². The highest BCUT2D eigenvalue weighted by Crippen LogP contribution is 2.27. The lowest BCUT2D eigenvalue weighted by atomic mass is 10.2. The molecular formula is C10H14N2O3. The number of carbonyl (C=O) groups is 1. The van der Waals surface area contributed by atoms with Crippen molar-refractivity contribution in [3.63, 3.8) is 0 Å². The number of methoxy groups -OCH3 is 1. The first-order valence-corrected chi connectivity index (χ1v) is 4.59. The van der Waals surface area contributed by atoms with E-state index in [1.807, 2.05) is 13.8 Å². The molecule has 0 radical (unpaired) electrons. The molecule has 15 heavy (non-hydrogen) atoms. The van der Waals surface area contributed by atoms with E-state index in [2.05, 4.69) is 10.3 Å². The minimum absolute atomic E-state index is 0.00935. The Kier molecular flexibility index (Phi) is 3.49. The number of aromatic hydroxyl groups is 1. The Morgan fingerprint density at radius 1 is 1.60 bits per heavy atom. The molecule has 1 aromatic heterocycles. The minimum Gasteiger partial charge on any atom is -0.503 e. The van der Waals surface area contributed by atoms with Gasteiger partial charge in [-0.3, -0.25) is 4.79 Å². The van der Waals surface area contributed by atoms with E-state index in [0.717, 1.165) is 0 Å². The van der Waals surface area contributed by atoms with Crippen LogP contribution in [0, 0.1) is 0 Å². The van der Waals surface area contributed by atoms with Gasteiger partial charge in [-0.05, 0) is 13.8 Å². The van der Waals surface area contributed by atoms with Gasteiger partial charge in [-0.1, -0.05) is 0 Å². The van der Waals surface area contributed by atoms with Gasteiger partial charge in [-0.2, -0.15) is 0 Å². The smallest absolute Gasteiger partial charge is 0.274 e. The van der Waals surface area contributed by atoms with Crippen LogP contribution >= 0.6 is 0 Å². The number of amides is 1. The van der Waals surface area contributed by atoms with Crippen molar-refractivity contribution in [3.05, 3.63) is 18.0 Å².